The molecule has 24 heavy (non-hydrogen) atoms. The fourth-order valence-electron chi connectivity index (χ4n) is 2.26. The topological polar surface area (TPSA) is 64.4 Å². The fourth-order valence-corrected chi connectivity index (χ4v) is 2.46. The van der Waals surface area contributed by atoms with Gasteiger partial charge >= 0.3 is 5.97 Å². The van der Waals surface area contributed by atoms with Crippen LogP contribution < -0.4 is 0 Å². The molecule has 2 aromatic rings. The minimum atomic E-state index is -0.550. The first-order chi connectivity index (χ1) is 11.3. The first-order valence-electron chi connectivity index (χ1n) is 7.46. The Labute approximate surface area is 146 Å². The van der Waals surface area contributed by atoms with Crippen molar-refractivity contribution < 1.29 is 14.3 Å². The third-order valence-electron chi connectivity index (χ3n) is 3.69. The summed E-state index contributed by atoms with van der Waals surface area (Å²) < 4.78 is 6.80. The number of nitrogens with zero attached hydrogens (tertiary/aromatic N) is 3. The molecule has 2 rings (SSSR count). The maximum absolute atomic E-state index is 12.3. The van der Waals surface area contributed by atoms with E-state index in [2.05, 4.69) is 5.10 Å². The van der Waals surface area contributed by atoms with Gasteiger partial charge in [-0.1, -0.05) is 29.8 Å². The maximum Gasteiger partial charge on any atom is 0.342 e. The summed E-state index contributed by atoms with van der Waals surface area (Å²) in [6.45, 7) is 3.69. The van der Waals surface area contributed by atoms with Crippen molar-refractivity contribution in [3.8, 4) is 0 Å². The van der Waals surface area contributed by atoms with E-state index in [4.69, 9.17) is 16.3 Å². The van der Waals surface area contributed by atoms with Crippen LogP contribution in [0.5, 0.6) is 0 Å². The van der Waals surface area contributed by atoms with E-state index >= 15 is 0 Å². The molecule has 0 aliphatic rings. The van der Waals surface area contributed by atoms with E-state index < -0.39 is 5.97 Å². The van der Waals surface area contributed by atoms with Crippen molar-refractivity contribution in [3.05, 3.63) is 51.8 Å². The van der Waals surface area contributed by atoms with Crippen LogP contribution in [-0.2, 0) is 16.1 Å². The van der Waals surface area contributed by atoms with E-state index in [1.807, 2.05) is 24.3 Å². The second-order valence-corrected chi connectivity index (χ2v) is 6.07. The van der Waals surface area contributed by atoms with E-state index in [9.17, 15) is 9.59 Å². The molecule has 0 aliphatic heterocycles. The van der Waals surface area contributed by atoms with E-state index in [-0.39, 0.29) is 12.5 Å². The van der Waals surface area contributed by atoms with Gasteiger partial charge in [-0.3, -0.25) is 9.48 Å². The monoisotopic (exact) mass is 349 g/mol. The quantitative estimate of drug-likeness (QED) is 0.778. The largest absolute Gasteiger partial charge is 0.452 e. The van der Waals surface area contributed by atoms with Crippen LogP contribution >= 0.6 is 11.6 Å². The molecule has 7 heteroatoms. The van der Waals surface area contributed by atoms with Gasteiger partial charge in [0.25, 0.3) is 5.91 Å². The van der Waals surface area contributed by atoms with Crippen molar-refractivity contribution in [1.29, 1.82) is 0 Å². The number of benzene rings is 1. The Morgan fingerprint density at radius 3 is 2.54 bits per heavy atom. The number of amides is 1. The molecule has 1 amide bonds. The third-order valence-corrected chi connectivity index (χ3v) is 4.06. The fraction of sp³-hybridized carbons (Fsp3) is 0.353. The minimum Gasteiger partial charge on any atom is -0.452 e. The number of halogens is 1. The molecule has 0 unspecified atom stereocenters. The zero-order valence-electron chi connectivity index (χ0n) is 14.2. The van der Waals surface area contributed by atoms with Gasteiger partial charge in [-0.15, -0.1) is 0 Å². The summed E-state index contributed by atoms with van der Waals surface area (Å²) in [7, 11) is 3.21. The summed E-state index contributed by atoms with van der Waals surface area (Å²) in [4.78, 5) is 25.2. The van der Waals surface area contributed by atoms with Crippen LogP contribution in [-0.4, -0.2) is 47.3 Å². The summed E-state index contributed by atoms with van der Waals surface area (Å²) in [6.07, 6.45) is 0. The number of aryl methyl sites for hydroxylation is 1. The molecule has 0 atom stereocenters. The number of esters is 1. The Bertz CT molecular complexity index is 768. The van der Waals surface area contributed by atoms with E-state index in [0.29, 0.717) is 28.5 Å². The molecule has 6 nitrogen and oxygen atoms in total. The molecule has 0 N–H and O–H groups in total. The highest BCUT2D eigenvalue weighted by Gasteiger charge is 2.21. The van der Waals surface area contributed by atoms with Crippen LogP contribution in [0.25, 0.3) is 0 Å². The summed E-state index contributed by atoms with van der Waals surface area (Å²) >= 11 is 6.17. The molecule has 128 valence electrons. The summed E-state index contributed by atoms with van der Waals surface area (Å²) in [5.74, 6) is -0.826. The lowest BCUT2D eigenvalue weighted by Gasteiger charge is -2.10. The predicted octanol–water partition coefficient (Wildman–Crippen LogP) is 2.45. The van der Waals surface area contributed by atoms with Gasteiger partial charge < -0.3 is 9.64 Å². The third kappa shape index (κ3) is 3.94. The van der Waals surface area contributed by atoms with Crippen molar-refractivity contribution in [1.82, 2.24) is 14.7 Å². The number of likely N-dealkylation sites (N-methyl/N-ethyl adjacent to an activating group) is 1. The highest BCUT2D eigenvalue weighted by molar-refractivity contribution is 6.31. The van der Waals surface area contributed by atoms with Crippen LogP contribution in [0.4, 0.5) is 0 Å². The number of carbonyl (C=O) groups excluding carboxylic acids is 2. The SMILES string of the molecule is Cc1nn(Cc2ccccc2Cl)c(C)c1C(=O)OCC(=O)N(C)C. The zero-order chi connectivity index (χ0) is 17.9. The maximum atomic E-state index is 12.3. The molecule has 0 spiro atoms. The lowest BCUT2D eigenvalue weighted by Crippen LogP contribution is -2.27. The molecule has 1 aromatic carbocycles. The van der Waals surface area contributed by atoms with E-state index in [0.717, 1.165) is 5.56 Å². The summed E-state index contributed by atoms with van der Waals surface area (Å²) in [5, 5.41) is 5.04. The van der Waals surface area contributed by atoms with Crippen LogP contribution in [0.15, 0.2) is 24.3 Å². The second-order valence-electron chi connectivity index (χ2n) is 5.66. The van der Waals surface area contributed by atoms with Crippen LogP contribution in [0.2, 0.25) is 5.02 Å². The normalized spacial score (nSPS) is 10.5. The molecule has 1 heterocycles. The van der Waals surface area contributed by atoms with Crippen molar-refractivity contribution in [2.24, 2.45) is 0 Å². The Balaban J connectivity index is 2.18. The Morgan fingerprint density at radius 1 is 1.25 bits per heavy atom. The van der Waals surface area contributed by atoms with E-state index in [1.54, 1.807) is 32.6 Å². The highest BCUT2D eigenvalue weighted by atomic mass is 35.5. The first-order valence-corrected chi connectivity index (χ1v) is 7.83. The van der Waals surface area contributed by atoms with Gasteiger partial charge in [-0.2, -0.15) is 5.10 Å². The molecular formula is C17H20ClN3O3. The predicted molar refractivity (Wildman–Crippen MR) is 91.2 cm³/mol. The second kappa shape index (κ2) is 7.49. The summed E-state index contributed by atoms with van der Waals surface area (Å²) in [6, 6.07) is 7.48. The standard InChI is InChI=1S/C17H20ClN3O3/c1-11-16(17(23)24-10-15(22)20(3)4)12(2)21(19-11)9-13-7-5-6-8-14(13)18/h5-8H,9-10H2,1-4H3. The van der Waals surface area contributed by atoms with Crippen molar-refractivity contribution in [2.75, 3.05) is 20.7 Å². The lowest BCUT2D eigenvalue weighted by atomic mass is 10.2. The number of hydrogen-bond acceptors (Lipinski definition) is 4. The lowest BCUT2D eigenvalue weighted by molar-refractivity contribution is -0.131. The molecule has 0 saturated carbocycles. The number of aromatic nitrogens is 2. The Hall–Kier alpha value is -2.34. The number of ether oxygens (including phenoxy) is 1. The van der Waals surface area contributed by atoms with Crippen LogP contribution in [0, 0.1) is 13.8 Å². The van der Waals surface area contributed by atoms with Gasteiger partial charge in [0.1, 0.15) is 5.56 Å². The van der Waals surface area contributed by atoms with Gasteiger partial charge in [-0.05, 0) is 25.5 Å². The van der Waals surface area contributed by atoms with E-state index in [1.165, 1.54) is 4.90 Å². The molecule has 0 fully saturated rings. The Morgan fingerprint density at radius 2 is 1.92 bits per heavy atom. The zero-order valence-corrected chi connectivity index (χ0v) is 14.9. The van der Waals surface area contributed by atoms with Crippen molar-refractivity contribution >= 4 is 23.5 Å². The van der Waals surface area contributed by atoms with Crippen LogP contribution in [0.3, 0.4) is 0 Å². The van der Waals surface area contributed by atoms with Gasteiger partial charge in [0.05, 0.1) is 17.9 Å². The molecule has 1 aromatic heterocycles. The Kier molecular flexibility index (Phi) is 5.62. The molecule has 0 aliphatic carbocycles. The highest BCUT2D eigenvalue weighted by Crippen LogP contribution is 2.20. The van der Waals surface area contributed by atoms with Crippen LogP contribution in [0.1, 0.15) is 27.3 Å². The first kappa shape index (κ1) is 18.0. The van der Waals surface area contributed by atoms with Gasteiger partial charge in [0, 0.05) is 19.1 Å². The van der Waals surface area contributed by atoms with Gasteiger partial charge in [0.15, 0.2) is 6.61 Å². The molecule has 0 radical (unpaired) electrons. The van der Waals surface area contributed by atoms with Crippen molar-refractivity contribution in [3.63, 3.8) is 0 Å². The number of rotatable bonds is 5. The average molecular weight is 350 g/mol. The average Bonchev–Trinajstić information content (AvgIpc) is 2.81. The number of carbonyl (C=O) groups is 2. The molecular weight excluding hydrogens is 330 g/mol. The molecule has 0 bridgehead atoms. The molecule has 0 saturated heterocycles. The van der Waals surface area contributed by atoms with Crippen molar-refractivity contribution in [2.45, 2.75) is 20.4 Å². The van der Waals surface area contributed by atoms with Gasteiger partial charge in [-0.25, -0.2) is 4.79 Å². The smallest absolute Gasteiger partial charge is 0.342 e. The summed E-state index contributed by atoms with van der Waals surface area (Å²) in [5.41, 5.74) is 2.53. The van der Waals surface area contributed by atoms with Gasteiger partial charge in [0.2, 0.25) is 0 Å². The number of hydrogen-bond donors (Lipinski definition) is 0. The minimum absolute atomic E-state index is 0.276.